The maximum atomic E-state index is 2.49. The van der Waals surface area contributed by atoms with E-state index in [9.17, 15) is 0 Å². The minimum Gasteiger partial charge on any atom is -0.0649 e. The Balaban J connectivity index is 2.52. The van der Waals surface area contributed by atoms with Crippen molar-refractivity contribution in [2.24, 2.45) is 10.8 Å². The summed E-state index contributed by atoms with van der Waals surface area (Å²) >= 11 is 0. The molecular weight excluding hydrogens is 168 g/mol. The van der Waals surface area contributed by atoms with Gasteiger partial charge in [-0.15, -0.1) is 0 Å². The Hall–Kier alpha value is 0. The van der Waals surface area contributed by atoms with Gasteiger partial charge < -0.3 is 0 Å². The Kier molecular flexibility index (Phi) is 4.04. The lowest BCUT2D eigenvalue weighted by Gasteiger charge is -2.28. The molecule has 0 nitrogen and oxygen atoms in total. The van der Waals surface area contributed by atoms with Gasteiger partial charge in [-0.3, -0.25) is 0 Å². The van der Waals surface area contributed by atoms with Gasteiger partial charge in [0.25, 0.3) is 0 Å². The van der Waals surface area contributed by atoms with Crippen LogP contribution in [-0.4, -0.2) is 0 Å². The molecule has 0 bridgehead atoms. The van der Waals surface area contributed by atoms with Crippen molar-refractivity contribution in [2.45, 2.75) is 79.1 Å². The number of hydrogen-bond donors (Lipinski definition) is 0. The molecular formula is C14H28. The zero-order valence-corrected chi connectivity index (χ0v) is 10.7. The summed E-state index contributed by atoms with van der Waals surface area (Å²) in [5, 5.41) is 0. The average Bonchev–Trinajstić information content (AvgIpc) is 2.17. The molecule has 0 N–H and O–H groups in total. The zero-order chi connectivity index (χ0) is 10.7. The second-order valence-electron chi connectivity index (χ2n) is 6.39. The molecule has 14 heavy (non-hydrogen) atoms. The molecule has 0 saturated heterocycles. The van der Waals surface area contributed by atoms with Crippen LogP contribution in [0.15, 0.2) is 0 Å². The summed E-state index contributed by atoms with van der Waals surface area (Å²) in [5.74, 6) is 0. The van der Waals surface area contributed by atoms with Crippen LogP contribution >= 0.6 is 0 Å². The van der Waals surface area contributed by atoms with E-state index in [0.717, 1.165) is 0 Å². The molecule has 0 heteroatoms. The van der Waals surface area contributed by atoms with Gasteiger partial charge in [0.15, 0.2) is 0 Å². The van der Waals surface area contributed by atoms with Gasteiger partial charge in [-0.05, 0) is 36.5 Å². The first-order valence-electron chi connectivity index (χ1n) is 6.47. The van der Waals surface area contributed by atoms with Crippen molar-refractivity contribution in [2.75, 3.05) is 0 Å². The first-order valence-corrected chi connectivity index (χ1v) is 6.47. The lowest BCUT2D eigenvalue weighted by atomic mass is 9.78. The summed E-state index contributed by atoms with van der Waals surface area (Å²) in [6.07, 6.45) is 11.5. The number of rotatable bonds is 1. The molecule has 0 spiro atoms. The van der Waals surface area contributed by atoms with Crippen LogP contribution in [0.5, 0.6) is 0 Å². The SMILES string of the molecule is CCC1(C)CCCCC(C)(C)CCC1. The van der Waals surface area contributed by atoms with E-state index in [0.29, 0.717) is 10.8 Å². The van der Waals surface area contributed by atoms with Gasteiger partial charge in [-0.2, -0.15) is 0 Å². The van der Waals surface area contributed by atoms with E-state index in [1.165, 1.54) is 51.4 Å². The summed E-state index contributed by atoms with van der Waals surface area (Å²) in [6.45, 7) is 9.75. The first kappa shape index (κ1) is 12.1. The molecule has 1 aliphatic rings. The average molecular weight is 196 g/mol. The summed E-state index contributed by atoms with van der Waals surface area (Å²) in [5.41, 5.74) is 1.26. The van der Waals surface area contributed by atoms with Crippen LogP contribution in [0.25, 0.3) is 0 Å². The van der Waals surface area contributed by atoms with Crippen LogP contribution in [-0.2, 0) is 0 Å². The molecule has 1 aliphatic carbocycles. The molecule has 0 aromatic carbocycles. The van der Waals surface area contributed by atoms with E-state index < -0.39 is 0 Å². The minimum absolute atomic E-state index is 0.610. The normalized spacial score (nSPS) is 34.3. The molecule has 1 fully saturated rings. The van der Waals surface area contributed by atoms with Gasteiger partial charge >= 0.3 is 0 Å². The van der Waals surface area contributed by atoms with Gasteiger partial charge in [-0.1, -0.05) is 53.4 Å². The minimum atomic E-state index is 0.610. The van der Waals surface area contributed by atoms with Gasteiger partial charge in [0.1, 0.15) is 0 Å². The monoisotopic (exact) mass is 196 g/mol. The molecule has 1 atom stereocenters. The van der Waals surface area contributed by atoms with Crippen molar-refractivity contribution in [3.8, 4) is 0 Å². The van der Waals surface area contributed by atoms with E-state index in [-0.39, 0.29) is 0 Å². The largest absolute Gasteiger partial charge is 0.0649 e. The van der Waals surface area contributed by atoms with E-state index in [4.69, 9.17) is 0 Å². The third-order valence-corrected chi connectivity index (χ3v) is 4.37. The van der Waals surface area contributed by atoms with Crippen LogP contribution in [0.3, 0.4) is 0 Å². The highest BCUT2D eigenvalue weighted by Gasteiger charge is 2.26. The summed E-state index contributed by atoms with van der Waals surface area (Å²) in [6, 6.07) is 0. The number of hydrogen-bond acceptors (Lipinski definition) is 0. The summed E-state index contributed by atoms with van der Waals surface area (Å²) in [7, 11) is 0. The standard InChI is InChI=1S/C14H28/c1-5-14(4)11-7-6-9-13(2,3)10-8-12-14/h5-12H2,1-4H3. The fourth-order valence-electron chi connectivity index (χ4n) is 2.75. The Bertz CT molecular complexity index is 169. The van der Waals surface area contributed by atoms with Gasteiger partial charge in [0, 0.05) is 0 Å². The lowest BCUT2D eigenvalue weighted by molar-refractivity contribution is 0.241. The Morgan fingerprint density at radius 3 is 1.93 bits per heavy atom. The molecule has 0 heterocycles. The quantitative estimate of drug-likeness (QED) is 0.542. The van der Waals surface area contributed by atoms with Crippen molar-refractivity contribution in [3.63, 3.8) is 0 Å². The van der Waals surface area contributed by atoms with E-state index in [1.54, 1.807) is 0 Å². The highest BCUT2D eigenvalue weighted by molar-refractivity contribution is 4.78. The molecule has 1 saturated carbocycles. The van der Waals surface area contributed by atoms with Gasteiger partial charge in [0.05, 0.1) is 0 Å². The predicted octanol–water partition coefficient (Wildman–Crippen LogP) is 5.17. The van der Waals surface area contributed by atoms with E-state index in [1.807, 2.05) is 0 Å². The molecule has 0 aliphatic heterocycles. The summed E-state index contributed by atoms with van der Waals surface area (Å²) < 4.78 is 0. The fourth-order valence-corrected chi connectivity index (χ4v) is 2.75. The molecule has 0 radical (unpaired) electrons. The second-order valence-corrected chi connectivity index (χ2v) is 6.39. The Morgan fingerprint density at radius 1 is 0.786 bits per heavy atom. The van der Waals surface area contributed by atoms with Gasteiger partial charge in [-0.25, -0.2) is 0 Å². The van der Waals surface area contributed by atoms with E-state index in [2.05, 4.69) is 27.7 Å². The highest BCUT2D eigenvalue weighted by atomic mass is 14.3. The predicted molar refractivity (Wildman–Crippen MR) is 64.5 cm³/mol. The van der Waals surface area contributed by atoms with Crippen molar-refractivity contribution in [3.05, 3.63) is 0 Å². The summed E-state index contributed by atoms with van der Waals surface area (Å²) in [4.78, 5) is 0. The second kappa shape index (κ2) is 4.68. The molecule has 0 amide bonds. The van der Waals surface area contributed by atoms with Crippen molar-refractivity contribution >= 4 is 0 Å². The molecule has 84 valence electrons. The smallest absolute Gasteiger partial charge is 0.0328 e. The van der Waals surface area contributed by atoms with Crippen LogP contribution in [0.4, 0.5) is 0 Å². The van der Waals surface area contributed by atoms with Crippen molar-refractivity contribution in [1.29, 1.82) is 0 Å². The third-order valence-electron chi connectivity index (χ3n) is 4.37. The molecule has 0 aromatic rings. The van der Waals surface area contributed by atoms with Crippen LogP contribution in [0.2, 0.25) is 0 Å². The molecule has 1 rings (SSSR count). The van der Waals surface area contributed by atoms with Crippen molar-refractivity contribution < 1.29 is 0 Å². The molecule has 1 unspecified atom stereocenters. The molecule has 0 aromatic heterocycles. The lowest BCUT2D eigenvalue weighted by Crippen LogP contribution is -2.15. The van der Waals surface area contributed by atoms with E-state index >= 15 is 0 Å². The van der Waals surface area contributed by atoms with Gasteiger partial charge in [0.2, 0.25) is 0 Å². The maximum Gasteiger partial charge on any atom is -0.0328 e. The Labute approximate surface area is 90.5 Å². The van der Waals surface area contributed by atoms with Crippen LogP contribution in [0.1, 0.15) is 79.1 Å². The first-order chi connectivity index (χ1) is 6.47. The fraction of sp³-hybridized carbons (Fsp3) is 1.00. The highest BCUT2D eigenvalue weighted by Crippen LogP contribution is 2.40. The Morgan fingerprint density at radius 2 is 1.29 bits per heavy atom. The van der Waals surface area contributed by atoms with Crippen LogP contribution < -0.4 is 0 Å². The van der Waals surface area contributed by atoms with Crippen LogP contribution in [0, 0.1) is 10.8 Å². The topological polar surface area (TPSA) is 0 Å². The maximum absolute atomic E-state index is 2.49. The third kappa shape index (κ3) is 3.63. The zero-order valence-electron chi connectivity index (χ0n) is 10.7. The van der Waals surface area contributed by atoms with Crippen molar-refractivity contribution in [1.82, 2.24) is 0 Å².